The molecule has 0 aliphatic heterocycles. The molecule has 3 N–H and O–H groups in total. The van der Waals surface area contributed by atoms with Gasteiger partial charge in [0.1, 0.15) is 11.8 Å². The minimum absolute atomic E-state index is 0.210. The van der Waals surface area contributed by atoms with Gasteiger partial charge in [-0.1, -0.05) is 38.1 Å². The maximum absolute atomic E-state index is 12.9. The molecule has 0 unspecified atom stereocenters. The lowest BCUT2D eigenvalue weighted by molar-refractivity contribution is -0.127. The number of nitrogens with one attached hydrogen (secondary N) is 3. The maximum Gasteiger partial charge on any atom is 0.251 e. The van der Waals surface area contributed by atoms with Gasteiger partial charge < -0.3 is 20.7 Å². The monoisotopic (exact) mass is 397 g/mol. The van der Waals surface area contributed by atoms with E-state index in [1.54, 1.807) is 31.4 Å². The van der Waals surface area contributed by atoms with Crippen LogP contribution in [0.15, 0.2) is 48.5 Å². The molecule has 0 saturated heterocycles. The summed E-state index contributed by atoms with van der Waals surface area (Å²) >= 11 is 0. The standard InChI is InChI=1S/C22H27N3O4/c1-14(2)16-5-9-18(10-6-16)24-22(28)21(25-20(27)13-23-15(3)26)17-7-11-19(29-4)12-8-17/h5-12,14,21H,13H2,1-4H3,(H,23,26)(H,24,28)(H,25,27)/t21-/m0/s1. The molecule has 3 amide bonds. The van der Waals surface area contributed by atoms with Crippen LogP contribution < -0.4 is 20.7 Å². The lowest BCUT2D eigenvalue weighted by atomic mass is 10.0. The fourth-order valence-electron chi connectivity index (χ4n) is 2.68. The normalized spacial score (nSPS) is 11.5. The number of rotatable bonds is 8. The van der Waals surface area contributed by atoms with Crippen LogP contribution in [0.3, 0.4) is 0 Å². The van der Waals surface area contributed by atoms with E-state index < -0.39 is 11.9 Å². The summed E-state index contributed by atoms with van der Waals surface area (Å²) in [5.74, 6) is -0.146. The molecule has 2 aromatic rings. The summed E-state index contributed by atoms with van der Waals surface area (Å²) in [4.78, 5) is 36.2. The Morgan fingerprint density at radius 2 is 1.52 bits per heavy atom. The molecule has 0 aliphatic rings. The van der Waals surface area contributed by atoms with Crippen molar-refractivity contribution in [1.29, 1.82) is 0 Å². The first kappa shape index (κ1) is 21.9. The van der Waals surface area contributed by atoms with E-state index >= 15 is 0 Å². The van der Waals surface area contributed by atoms with Crippen molar-refractivity contribution < 1.29 is 19.1 Å². The van der Waals surface area contributed by atoms with E-state index in [0.29, 0.717) is 22.9 Å². The largest absolute Gasteiger partial charge is 0.497 e. The lowest BCUT2D eigenvalue weighted by Crippen LogP contribution is -2.42. The number of amides is 3. The number of methoxy groups -OCH3 is 1. The van der Waals surface area contributed by atoms with Crippen molar-refractivity contribution in [2.24, 2.45) is 0 Å². The first-order valence-corrected chi connectivity index (χ1v) is 9.38. The van der Waals surface area contributed by atoms with E-state index in [2.05, 4.69) is 29.8 Å². The lowest BCUT2D eigenvalue weighted by Gasteiger charge is -2.19. The molecule has 0 radical (unpaired) electrons. The van der Waals surface area contributed by atoms with E-state index in [4.69, 9.17) is 4.74 Å². The average molecular weight is 397 g/mol. The summed E-state index contributed by atoms with van der Waals surface area (Å²) in [6, 6.07) is 13.5. The number of ether oxygens (including phenoxy) is 1. The second kappa shape index (κ2) is 10.3. The smallest absolute Gasteiger partial charge is 0.251 e. The van der Waals surface area contributed by atoms with Gasteiger partial charge >= 0.3 is 0 Å². The predicted octanol–water partition coefficient (Wildman–Crippen LogP) is 2.75. The Morgan fingerprint density at radius 1 is 0.931 bits per heavy atom. The zero-order valence-electron chi connectivity index (χ0n) is 17.1. The zero-order chi connectivity index (χ0) is 21.4. The van der Waals surface area contributed by atoms with E-state index in [9.17, 15) is 14.4 Å². The minimum Gasteiger partial charge on any atom is -0.497 e. The van der Waals surface area contributed by atoms with Gasteiger partial charge in [0.25, 0.3) is 5.91 Å². The van der Waals surface area contributed by atoms with Gasteiger partial charge in [-0.25, -0.2) is 0 Å². The van der Waals surface area contributed by atoms with Gasteiger partial charge in [-0.05, 0) is 41.3 Å². The highest BCUT2D eigenvalue weighted by Gasteiger charge is 2.23. The zero-order valence-corrected chi connectivity index (χ0v) is 17.1. The van der Waals surface area contributed by atoms with Gasteiger partial charge in [-0.2, -0.15) is 0 Å². The van der Waals surface area contributed by atoms with Crippen molar-refractivity contribution in [3.8, 4) is 5.75 Å². The van der Waals surface area contributed by atoms with Crippen LogP contribution in [0, 0.1) is 0 Å². The molecule has 7 heteroatoms. The topological polar surface area (TPSA) is 96.5 Å². The van der Waals surface area contributed by atoms with E-state index in [1.165, 1.54) is 12.5 Å². The molecule has 2 aromatic carbocycles. The van der Waals surface area contributed by atoms with Crippen molar-refractivity contribution in [2.45, 2.75) is 32.7 Å². The Morgan fingerprint density at radius 3 is 2.03 bits per heavy atom. The number of anilines is 1. The molecule has 7 nitrogen and oxygen atoms in total. The molecule has 0 heterocycles. The predicted molar refractivity (Wildman–Crippen MR) is 112 cm³/mol. The highest BCUT2D eigenvalue weighted by Crippen LogP contribution is 2.21. The summed E-state index contributed by atoms with van der Waals surface area (Å²) in [5.41, 5.74) is 2.39. The Labute approximate surface area is 170 Å². The van der Waals surface area contributed by atoms with Crippen LogP contribution in [0.25, 0.3) is 0 Å². The summed E-state index contributed by atoms with van der Waals surface area (Å²) in [5, 5.41) is 7.93. The first-order chi connectivity index (χ1) is 13.8. The third-order valence-electron chi connectivity index (χ3n) is 4.36. The summed E-state index contributed by atoms with van der Waals surface area (Å²) in [6.45, 7) is 5.30. The van der Waals surface area contributed by atoms with Gasteiger partial charge in [-0.15, -0.1) is 0 Å². The van der Waals surface area contributed by atoms with Crippen molar-refractivity contribution in [1.82, 2.24) is 10.6 Å². The van der Waals surface area contributed by atoms with Crippen molar-refractivity contribution in [3.05, 3.63) is 59.7 Å². The molecular weight excluding hydrogens is 370 g/mol. The number of hydrogen-bond donors (Lipinski definition) is 3. The number of carbonyl (C=O) groups is 3. The van der Waals surface area contributed by atoms with Crippen LogP contribution in [-0.4, -0.2) is 31.4 Å². The molecule has 154 valence electrons. The summed E-state index contributed by atoms with van der Waals surface area (Å²) in [6.07, 6.45) is 0. The average Bonchev–Trinajstić information content (AvgIpc) is 2.71. The second-order valence-corrected chi connectivity index (χ2v) is 6.95. The quantitative estimate of drug-likeness (QED) is 0.638. The maximum atomic E-state index is 12.9. The van der Waals surface area contributed by atoms with Gasteiger partial charge in [-0.3, -0.25) is 14.4 Å². The Hall–Kier alpha value is -3.35. The fourth-order valence-corrected chi connectivity index (χ4v) is 2.68. The highest BCUT2D eigenvalue weighted by atomic mass is 16.5. The molecule has 0 aromatic heterocycles. The van der Waals surface area contributed by atoms with E-state index in [-0.39, 0.29) is 18.4 Å². The molecule has 0 bridgehead atoms. The molecule has 29 heavy (non-hydrogen) atoms. The van der Waals surface area contributed by atoms with E-state index in [0.717, 1.165) is 0 Å². The second-order valence-electron chi connectivity index (χ2n) is 6.95. The molecule has 0 saturated carbocycles. The SMILES string of the molecule is COc1ccc([C@H](NC(=O)CNC(C)=O)C(=O)Nc2ccc(C(C)C)cc2)cc1. The Bertz CT molecular complexity index is 845. The molecule has 0 fully saturated rings. The summed E-state index contributed by atoms with van der Waals surface area (Å²) < 4.78 is 5.15. The van der Waals surface area contributed by atoms with Crippen LogP contribution in [0.1, 0.15) is 43.9 Å². The highest BCUT2D eigenvalue weighted by molar-refractivity contribution is 5.98. The van der Waals surface area contributed by atoms with Gasteiger partial charge in [0.2, 0.25) is 11.8 Å². The number of hydrogen-bond acceptors (Lipinski definition) is 4. The van der Waals surface area contributed by atoms with Crippen molar-refractivity contribution in [2.75, 3.05) is 19.0 Å². The third-order valence-corrected chi connectivity index (χ3v) is 4.36. The molecule has 0 spiro atoms. The van der Waals surface area contributed by atoms with E-state index in [1.807, 2.05) is 24.3 Å². The van der Waals surface area contributed by atoms with Crippen LogP contribution >= 0.6 is 0 Å². The van der Waals surface area contributed by atoms with Gasteiger partial charge in [0.05, 0.1) is 13.7 Å². The Kier molecular flexibility index (Phi) is 7.77. The van der Waals surface area contributed by atoms with Crippen LogP contribution in [0.5, 0.6) is 5.75 Å². The minimum atomic E-state index is -0.924. The van der Waals surface area contributed by atoms with Crippen LogP contribution in [0.4, 0.5) is 5.69 Å². The van der Waals surface area contributed by atoms with Crippen molar-refractivity contribution in [3.63, 3.8) is 0 Å². The fraction of sp³-hybridized carbons (Fsp3) is 0.318. The number of benzene rings is 2. The summed E-state index contributed by atoms with van der Waals surface area (Å²) in [7, 11) is 1.55. The first-order valence-electron chi connectivity index (χ1n) is 9.38. The molecular formula is C22H27N3O4. The van der Waals surface area contributed by atoms with Crippen LogP contribution in [0.2, 0.25) is 0 Å². The van der Waals surface area contributed by atoms with Crippen molar-refractivity contribution >= 4 is 23.4 Å². The molecule has 0 aliphatic carbocycles. The molecule has 1 atom stereocenters. The molecule has 2 rings (SSSR count). The van der Waals surface area contributed by atoms with Gasteiger partial charge in [0, 0.05) is 12.6 Å². The van der Waals surface area contributed by atoms with Gasteiger partial charge in [0.15, 0.2) is 0 Å². The van der Waals surface area contributed by atoms with Crippen LogP contribution in [-0.2, 0) is 14.4 Å². The third kappa shape index (κ3) is 6.64. The Balaban J connectivity index is 2.18. The number of carbonyl (C=O) groups excluding carboxylic acids is 3.